The molecular weight excluding hydrogens is 340 g/mol. The van der Waals surface area contributed by atoms with Crippen LogP contribution in [-0.2, 0) is 9.47 Å². The van der Waals surface area contributed by atoms with Crippen LogP contribution in [0.15, 0.2) is 12.4 Å². The Hall–Kier alpha value is -1.15. The molecule has 2 aliphatic rings. The minimum atomic E-state index is -1.66. The third-order valence-electron chi connectivity index (χ3n) is 4.69. The first-order valence-electron chi connectivity index (χ1n) is 7.86. The molecule has 25 heavy (non-hydrogen) atoms. The normalized spacial score (nSPS) is 44.5. The van der Waals surface area contributed by atoms with Crippen LogP contribution in [0.2, 0.25) is 0 Å². The van der Waals surface area contributed by atoms with Gasteiger partial charge in [-0.1, -0.05) is 0 Å². The van der Waals surface area contributed by atoms with Gasteiger partial charge in [-0.3, -0.25) is 0 Å². The Morgan fingerprint density at radius 3 is 2.36 bits per heavy atom. The molecule has 1 fully saturated rings. The molecule has 11 nitrogen and oxygen atoms in total. The topological polar surface area (TPSA) is 178 Å². The number of aliphatic hydroxyl groups excluding tert-OH is 7. The van der Waals surface area contributed by atoms with Gasteiger partial charge < -0.3 is 49.8 Å². The number of ether oxygens (including phenoxy) is 2. The molecule has 0 amide bonds. The van der Waals surface area contributed by atoms with Crippen molar-refractivity contribution in [1.29, 1.82) is 0 Å². The van der Waals surface area contributed by atoms with Crippen molar-refractivity contribution in [3.63, 3.8) is 0 Å². The molecule has 7 N–H and O–H groups in total. The van der Waals surface area contributed by atoms with E-state index in [4.69, 9.17) is 9.47 Å². The lowest BCUT2D eigenvalue weighted by molar-refractivity contribution is -0.325. The second-order valence-corrected chi connectivity index (χ2v) is 6.18. The van der Waals surface area contributed by atoms with Gasteiger partial charge in [-0.05, 0) is 0 Å². The minimum absolute atomic E-state index is 0.273. The van der Waals surface area contributed by atoms with E-state index in [1.807, 2.05) is 0 Å². The molecular formula is C14H22N2O9. The first-order valence-corrected chi connectivity index (χ1v) is 7.86. The fourth-order valence-electron chi connectivity index (χ4n) is 3.25. The standard InChI is InChI=1S/C14H22N2O9/c17-3-5-11(10(22)13(23)16-2-1-15-12(5)16)25-14-9(21)8(20)7(19)6(4-18)24-14/h1-2,5-11,13-14,17-23H,3-4H2/t5-,6-,7-,8+,9-,10+,11-,13-,14-/m1/s1. The van der Waals surface area contributed by atoms with Crippen molar-refractivity contribution >= 4 is 0 Å². The zero-order chi connectivity index (χ0) is 18.3. The van der Waals surface area contributed by atoms with Crippen molar-refractivity contribution < 1.29 is 45.2 Å². The van der Waals surface area contributed by atoms with E-state index in [-0.39, 0.29) is 5.82 Å². The van der Waals surface area contributed by atoms with E-state index in [1.54, 1.807) is 0 Å². The van der Waals surface area contributed by atoms with Gasteiger partial charge in [0.2, 0.25) is 0 Å². The van der Waals surface area contributed by atoms with E-state index in [9.17, 15) is 35.7 Å². The first kappa shape index (κ1) is 18.6. The second kappa shape index (κ2) is 7.23. The Morgan fingerprint density at radius 1 is 1.00 bits per heavy atom. The number of nitrogens with zero attached hydrogens (tertiary/aromatic N) is 2. The van der Waals surface area contributed by atoms with Gasteiger partial charge >= 0.3 is 0 Å². The molecule has 3 heterocycles. The molecule has 0 spiro atoms. The summed E-state index contributed by atoms with van der Waals surface area (Å²) in [6, 6.07) is 0. The number of imidazole rings is 1. The molecule has 0 aliphatic carbocycles. The smallest absolute Gasteiger partial charge is 0.187 e. The maximum Gasteiger partial charge on any atom is 0.187 e. The molecule has 2 aliphatic heterocycles. The lowest BCUT2D eigenvalue weighted by atomic mass is 9.92. The van der Waals surface area contributed by atoms with Crippen LogP contribution in [0.25, 0.3) is 0 Å². The third-order valence-corrected chi connectivity index (χ3v) is 4.69. The molecule has 1 saturated heterocycles. The minimum Gasteiger partial charge on any atom is -0.396 e. The molecule has 142 valence electrons. The van der Waals surface area contributed by atoms with Crippen molar-refractivity contribution in [2.45, 2.75) is 55.1 Å². The van der Waals surface area contributed by atoms with Crippen molar-refractivity contribution in [3.8, 4) is 0 Å². The highest BCUT2D eigenvalue weighted by Crippen LogP contribution is 2.36. The van der Waals surface area contributed by atoms with Crippen LogP contribution in [0.5, 0.6) is 0 Å². The summed E-state index contributed by atoms with van der Waals surface area (Å²) in [6.07, 6.45) is -8.78. The van der Waals surface area contributed by atoms with Gasteiger partial charge in [0, 0.05) is 12.4 Å². The summed E-state index contributed by atoms with van der Waals surface area (Å²) in [5.74, 6) is -0.560. The maximum absolute atomic E-state index is 10.3. The molecule has 9 atom stereocenters. The van der Waals surface area contributed by atoms with E-state index in [0.29, 0.717) is 0 Å². The van der Waals surface area contributed by atoms with E-state index in [0.717, 1.165) is 0 Å². The van der Waals surface area contributed by atoms with Gasteiger partial charge in [-0.25, -0.2) is 4.98 Å². The molecule has 1 aromatic heterocycles. The lowest BCUT2D eigenvalue weighted by Crippen LogP contribution is -2.61. The largest absolute Gasteiger partial charge is 0.396 e. The second-order valence-electron chi connectivity index (χ2n) is 6.18. The predicted octanol–water partition coefficient (Wildman–Crippen LogP) is -3.99. The summed E-state index contributed by atoms with van der Waals surface area (Å²) in [6.45, 7) is -1.10. The molecule has 11 heteroatoms. The highest BCUT2D eigenvalue weighted by Gasteiger charge is 2.49. The van der Waals surface area contributed by atoms with Gasteiger partial charge in [-0.15, -0.1) is 0 Å². The molecule has 1 aromatic rings. The summed E-state index contributed by atoms with van der Waals surface area (Å²) < 4.78 is 12.1. The number of hydrogen-bond donors (Lipinski definition) is 7. The summed E-state index contributed by atoms with van der Waals surface area (Å²) in [4.78, 5) is 4.03. The van der Waals surface area contributed by atoms with Crippen LogP contribution < -0.4 is 0 Å². The fraction of sp³-hybridized carbons (Fsp3) is 0.786. The predicted molar refractivity (Wildman–Crippen MR) is 78.0 cm³/mol. The van der Waals surface area contributed by atoms with E-state index in [2.05, 4.69) is 4.98 Å². The quantitative estimate of drug-likeness (QED) is 0.279. The Morgan fingerprint density at radius 2 is 1.72 bits per heavy atom. The number of rotatable bonds is 4. The zero-order valence-corrected chi connectivity index (χ0v) is 13.1. The SMILES string of the molecule is OC[C@H]1O[C@H](O[C@H]2[C@H](O)[C@@H](O)n3ccnc3[C@@H]2CO)[C@H](O)[C@@H](O)[C@@H]1O. The van der Waals surface area contributed by atoms with Crippen LogP contribution >= 0.6 is 0 Å². The van der Waals surface area contributed by atoms with Crippen molar-refractivity contribution in [1.82, 2.24) is 9.55 Å². The molecule has 3 rings (SSSR count). The van der Waals surface area contributed by atoms with E-state index in [1.165, 1.54) is 17.0 Å². The number of fused-ring (bicyclic) bond motifs is 1. The maximum atomic E-state index is 10.3. The summed E-state index contributed by atoms with van der Waals surface area (Å²) >= 11 is 0. The van der Waals surface area contributed by atoms with Crippen LogP contribution in [0.3, 0.4) is 0 Å². The summed E-state index contributed by atoms with van der Waals surface area (Å²) in [5, 5.41) is 69.0. The number of aliphatic hydroxyl groups is 7. The molecule has 0 bridgehead atoms. The van der Waals surface area contributed by atoms with Gasteiger partial charge in [0.15, 0.2) is 12.5 Å². The molecule has 0 unspecified atom stereocenters. The highest BCUT2D eigenvalue weighted by molar-refractivity contribution is 5.11. The highest BCUT2D eigenvalue weighted by atomic mass is 16.7. The first-order chi connectivity index (χ1) is 11.9. The van der Waals surface area contributed by atoms with Crippen LogP contribution in [0, 0.1) is 0 Å². The van der Waals surface area contributed by atoms with Crippen molar-refractivity contribution in [2.75, 3.05) is 13.2 Å². The van der Waals surface area contributed by atoms with Crippen molar-refractivity contribution in [2.24, 2.45) is 0 Å². The monoisotopic (exact) mass is 362 g/mol. The van der Waals surface area contributed by atoms with E-state index < -0.39 is 68.3 Å². The Kier molecular flexibility index (Phi) is 5.39. The van der Waals surface area contributed by atoms with Gasteiger partial charge in [0.1, 0.15) is 42.4 Å². The van der Waals surface area contributed by atoms with Crippen LogP contribution in [0.1, 0.15) is 18.0 Å². The Balaban J connectivity index is 1.83. The summed E-state index contributed by atoms with van der Waals surface area (Å²) in [5.41, 5.74) is 0. The molecule has 0 radical (unpaired) electrons. The lowest BCUT2D eigenvalue weighted by Gasteiger charge is -2.44. The third kappa shape index (κ3) is 3.07. The molecule has 0 aromatic carbocycles. The Labute approximate surface area is 142 Å². The van der Waals surface area contributed by atoms with E-state index >= 15 is 0 Å². The fourth-order valence-corrected chi connectivity index (χ4v) is 3.25. The summed E-state index contributed by atoms with van der Waals surface area (Å²) in [7, 11) is 0. The van der Waals surface area contributed by atoms with Crippen LogP contribution in [-0.4, -0.2) is 101 Å². The molecule has 0 saturated carbocycles. The van der Waals surface area contributed by atoms with Gasteiger partial charge in [0.05, 0.1) is 19.1 Å². The van der Waals surface area contributed by atoms with Crippen molar-refractivity contribution in [3.05, 3.63) is 18.2 Å². The zero-order valence-electron chi connectivity index (χ0n) is 13.1. The average Bonchev–Trinajstić information content (AvgIpc) is 3.09. The van der Waals surface area contributed by atoms with Crippen LogP contribution in [0.4, 0.5) is 0 Å². The number of aromatic nitrogens is 2. The van der Waals surface area contributed by atoms with Gasteiger partial charge in [0.25, 0.3) is 0 Å². The van der Waals surface area contributed by atoms with Gasteiger partial charge in [-0.2, -0.15) is 0 Å². The number of hydrogen-bond acceptors (Lipinski definition) is 10. The average molecular weight is 362 g/mol. The Bertz CT molecular complexity index is 582.